The number of nitrogens with one attached hydrogen (secondary N) is 1. The summed E-state index contributed by atoms with van der Waals surface area (Å²) in [5, 5.41) is 3.45. The molecule has 0 aliphatic carbocycles. The van der Waals surface area contributed by atoms with Crippen LogP contribution in [0.3, 0.4) is 0 Å². The maximum atomic E-state index is 13.4. The minimum atomic E-state index is -0.418. The summed E-state index contributed by atoms with van der Waals surface area (Å²) in [6.45, 7) is 1.03. The van der Waals surface area contributed by atoms with Crippen molar-refractivity contribution < 1.29 is 8.78 Å². The fourth-order valence-electron chi connectivity index (χ4n) is 2.44. The first-order valence-corrected chi connectivity index (χ1v) is 6.43. The molecular weight excluding hydrogens is 220 g/mol. The Kier molecular flexibility index (Phi) is 4.49. The Morgan fingerprint density at radius 1 is 1.12 bits per heavy atom. The molecule has 1 saturated heterocycles. The summed E-state index contributed by atoms with van der Waals surface area (Å²) in [5.74, 6) is -0.836. The Labute approximate surface area is 101 Å². The summed E-state index contributed by atoms with van der Waals surface area (Å²) in [7, 11) is 0. The van der Waals surface area contributed by atoms with E-state index in [1.54, 1.807) is 0 Å². The second-order valence-corrected chi connectivity index (χ2v) is 4.74. The molecule has 0 aromatic heterocycles. The summed E-state index contributed by atoms with van der Waals surface area (Å²) in [4.78, 5) is 0. The quantitative estimate of drug-likeness (QED) is 0.852. The van der Waals surface area contributed by atoms with Crippen LogP contribution in [0, 0.1) is 11.6 Å². The summed E-state index contributed by atoms with van der Waals surface area (Å²) in [6, 6.07) is 4.49. The van der Waals surface area contributed by atoms with Gasteiger partial charge >= 0.3 is 0 Å². The molecule has 94 valence electrons. The molecule has 1 aliphatic heterocycles. The lowest BCUT2D eigenvalue weighted by Gasteiger charge is -2.15. The van der Waals surface area contributed by atoms with Gasteiger partial charge in [0.25, 0.3) is 0 Å². The third kappa shape index (κ3) is 3.50. The largest absolute Gasteiger partial charge is 0.314 e. The van der Waals surface area contributed by atoms with Crippen molar-refractivity contribution in [2.45, 2.75) is 44.6 Å². The summed E-state index contributed by atoms with van der Waals surface area (Å²) < 4.78 is 26.8. The molecule has 2 rings (SSSR count). The normalized spacial score (nSPS) is 21.2. The van der Waals surface area contributed by atoms with Gasteiger partial charge in [-0.2, -0.15) is 0 Å². The first kappa shape index (κ1) is 12.5. The highest BCUT2D eigenvalue weighted by Gasteiger charge is 2.14. The van der Waals surface area contributed by atoms with Crippen LogP contribution in [0.25, 0.3) is 0 Å². The van der Waals surface area contributed by atoms with Crippen LogP contribution in [0.4, 0.5) is 8.78 Å². The van der Waals surface area contributed by atoms with Gasteiger partial charge in [-0.05, 0) is 44.4 Å². The summed E-state index contributed by atoms with van der Waals surface area (Å²) >= 11 is 0. The maximum absolute atomic E-state index is 13.4. The molecule has 3 heteroatoms. The Morgan fingerprint density at radius 2 is 1.88 bits per heavy atom. The van der Waals surface area contributed by atoms with E-state index in [9.17, 15) is 8.78 Å². The SMILES string of the molecule is Fc1cccc(F)c1CCC1CCCCCN1. The van der Waals surface area contributed by atoms with Crippen LogP contribution in [0.15, 0.2) is 18.2 Å². The lowest BCUT2D eigenvalue weighted by molar-refractivity contribution is 0.464. The van der Waals surface area contributed by atoms with Crippen LogP contribution >= 0.6 is 0 Å². The van der Waals surface area contributed by atoms with Gasteiger partial charge in [0.1, 0.15) is 11.6 Å². The van der Waals surface area contributed by atoms with Gasteiger partial charge < -0.3 is 5.32 Å². The van der Waals surface area contributed by atoms with Gasteiger partial charge in [0, 0.05) is 11.6 Å². The van der Waals surface area contributed by atoms with E-state index in [2.05, 4.69) is 5.32 Å². The van der Waals surface area contributed by atoms with Crippen LogP contribution in [0.1, 0.15) is 37.7 Å². The van der Waals surface area contributed by atoms with E-state index in [1.165, 1.54) is 37.5 Å². The summed E-state index contributed by atoms with van der Waals surface area (Å²) in [5.41, 5.74) is 0.235. The van der Waals surface area contributed by atoms with Gasteiger partial charge in [-0.15, -0.1) is 0 Å². The molecule has 1 aliphatic rings. The minimum Gasteiger partial charge on any atom is -0.314 e. The topological polar surface area (TPSA) is 12.0 Å². The zero-order valence-corrected chi connectivity index (χ0v) is 10.0. The van der Waals surface area contributed by atoms with Crippen LogP contribution < -0.4 is 5.32 Å². The van der Waals surface area contributed by atoms with Gasteiger partial charge in [0.05, 0.1) is 0 Å². The standard InChI is InChI=1S/C14H19F2N/c15-13-6-4-7-14(16)12(13)9-8-11-5-2-1-3-10-17-11/h4,6-7,11,17H,1-3,5,8-10H2. The Balaban J connectivity index is 1.92. The predicted molar refractivity (Wildman–Crippen MR) is 64.9 cm³/mol. The highest BCUT2D eigenvalue weighted by molar-refractivity contribution is 5.19. The molecule has 1 unspecified atom stereocenters. The Morgan fingerprint density at radius 3 is 2.65 bits per heavy atom. The molecule has 0 amide bonds. The maximum Gasteiger partial charge on any atom is 0.129 e. The fraction of sp³-hybridized carbons (Fsp3) is 0.571. The van der Waals surface area contributed by atoms with Gasteiger partial charge in [-0.3, -0.25) is 0 Å². The highest BCUT2D eigenvalue weighted by atomic mass is 19.1. The van der Waals surface area contributed by atoms with Gasteiger partial charge in [-0.1, -0.05) is 18.9 Å². The fourth-order valence-corrected chi connectivity index (χ4v) is 2.44. The van der Waals surface area contributed by atoms with E-state index in [0.29, 0.717) is 12.5 Å². The molecule has 1 aromatic rings. The molecule has 0 saturated carbocycles. The van der Waals surface area contributed by atoms with Crippen molar-refractivity contribution >= 4 is 0 Å². The second-order valence-electron chi connectivity index (χ2n) is 4.74. The lowest BCUT2D eigenvalue weighted by Crippen LogP contribution is -2.28. The first-order chi connectivity index (χ1) is 8.27. The van der Waals surface area contributed by atoms with E-state index in [1.807, 2.05) is 0 Å². The van der Waals surface area contributed by atoms with Crippen molar-refractivity contribution in [2.75, 3.05) is 6.54 Å². The molecule has 17 heavy (non-hydrogen) atoms. The van der Waals surface area contributed by atoms with Gasteiger partial charge in [-0.25, -0.2) is 8.78 Å². The van der Waals surface area contributed by atoms with E-state index in [0.717, 1.165) is 19.4 Å². The van der Waals surface area contributed by atoms with E-state index >= 15 is 0 Å². The predicted octanol–water partition coefficient (Wildman–Crippen LogP) is 3.43. The number of rotatable bonds is 3. The minimum absolute atomic E-state index is 0.235. The molecule has 0 spiro atoms. The summed E-state index contributed by atoms with van der Waals surface area (Å²) in [6.07, 6.45) is 6.11. The van der Waals surface area contributed by atoms with E-state index < -0.39 is 11.6 Å². The van der Waals surface area contributed by atoms with Crippen molar-refractivity contribution in [1.29, 1.82) is 0 Å². The van der Waals surface area contributed by atoms with Crippen LogP contribution in [-0.4, -0.2) is 12.6 Å². The molecular formula is C14H19F2N. The molecule has 1 heterocycles. The first-order valence-electron chi connectivity index (χ1n) is 6.43. The zero-order chi connectivity index (χ0) is 12.1. The number of halogens is 2. The number of benzene rings is 1. The third-order valence-corrected chi connectivity index (χ3v) is 3.47. The average molecular weight is 239 g/mol. The smallest absolute Gasteiger partial charge is 0.129 e. The van der Waals surface area contributed by atoms with Gasteiger partial charge in [0.15, 0.2) is 0 Å². The highest BCUT2D eigenvalue weighted by Crippen LogP contribution is 2.17. The van der Waals surface area contributed by atoms with Gasteiger partial charge in [0.2, 0.25) is 0 Å². The van der Waals surface area contributed by atoms with E-state index in [4.69, 9.17) is 0 Å². The molecule has 0 bridgehead atoms. The van der Waals surface area contributed by atoms with Crippen molar-refractivity contribution in [2.24, 2.45) is 0 Å². The van der Waals surface area contributed by atoms with Crippen LogP contribution in [-0.2, 0) is 6.42 Å². The average Bonchev–Trinajstić information content (AvgIpc) is 2.57. The Hall–Kier alpha value is -0.960. The molecule has 1 nitrogen and oxygen atoms in total. The number of hydrogen-bond acceptors (Lipinski definition) is 1. The van der Waals surface area contributed by atoms with E-state index in [-0.39, 0.29) is 5.56 Å². The molecule has 1 atom stereocenters. The third-order valence-electron chi connectivity index (χ3n) is 3.47. The molecule has 0 radical (unpaired) electrons. The number of hydrogen-bond donors (Lipinski definition) is 1. The van der Waals surface area contributed by atoms with Crippen molar-refractivity contribution in [3.63, 3.8) is 0 Å². The lowest BCUT2D eigenvalue weighted by atomic mass is 10.0. The Bertz CT molecular complexity index is 337. The monoisotopic (exact) mass is 239 g/mol. The van der Waals surface area contributed by atoms with Crippen molar-refractivity contribution in [3.05, 3.63) is 35.4 Å². The molecule has 1 aromatic carbocycles. The van der Waals surface area contributed by atoms with Crippen LogP contribution in [0.2, 0.25) is 0 Å². The second kappa shape index (κ2) is 6.10. The van der Waals surface area contributed by atoms with Crippen molar-refractivity contribution in [1.82, 2.24) is 5.32 Å². The van der Waals surface area contributed by atoms with Crippen molar-refractivity contribution in [3.8, 4) is 0 Å². The molecule has 1 fully saturated rings. The zero-order valence-electron chi connectivity index (χ0n) is 10.0. The van der Waals surface area contributed by atoms with Crippen LogP contribution in [0.5, 0.6) is 0 Å². The molecule has 1 N–H and O–H groups in total.